The van der Waals surface area contributed by atoms with E-state index in [0.717, 1.165) is 57.8 Å². The van der Waals surface area contributed by atoms with Crippen molar-refractivity contribution >= 4 is 13.8 Å². The topological polar surface area (TPSA) is 94.1 Å². The van der Waals surface area contributed by atoms with Crippen LogP contribution < -0.4 is 4.89 Å². The van der Waals surface area contributed by atoms with Crippen molar-refractivity contribution in [2.75, 3.05) is 54.1 Å². The summed E-state index contributed by atoms with van der Waals surface area (Å²) in [4.78, 5) is 25.1. The van der Waals surface area contributed by atoms with Crippen molar-refractivity contribution in [1.82, 2.24) is 0 Å². The first kappa shape index (κ1) is 59.7. The Morgan fingerprint density at radius 2 is 0.902 bits per heavy atom. The predicted octanol–water partition coefficient (Wildman–Crippen LogP) is 15.1. The van der Waals surface area contributed by atoms with Gasteiger partial charge in [0.25, 0.3) is 7.82 Å². The SMILES string of the molecule is CCCCC/C=C\C/C=C\CCCCCCCC(=O)OC(COCCCCCCCCCCCCCC/C=C\CCCCCCCCCC)COP(=O)([O-])OCC[N+](C)(C)C. The van der Waals surface area contributed by atoms with Crippen molar-refractivity contribution in [2.45, 2.75) is 238 Å². The maximum Gasteiger partial charge on any atom is 0.306 e. The van der Waals surface area contributed by atoms with E-state index in [1.165, 1.54) is 154 Å². The van der Waals surface area contributed by atoms with Crippen LogP contribution in [0.3, 0.4) is 0 Å². The molecule has 0 fully saturated rings. The first-order valence-electron chi connectivity index (χ1n) is 25.7. The van der Waals surface area contributed by atoms with Crippen LogP contribution in [0.15, 0.2) is 36.5 Å². The maximum absolute atomic E-state index is 12.7. The van der Waals surface area contributed by atoms with Gasteiger partial charge in [-0.25, -0.2) is 0 Å². The van der Waals surface area contributed by atoms with Gasteiger partial charge in [0.2, 0.25) is 0 Å². The molecule has 0 N–H and O–H groups in total. The number of rotatable bonds is 48. The molecule has 8 nitrogen and oxygen atoms in total. The molecule has 2 atom stereocenters. The number of carbonyl (C=O) groups is 1. The Morgan fingerprint density at radius 3 is 1.38 bits per heavy atom. The standard InChI is InChI=1S/C52H100NO7P/c1-6-8-10-12-14-16-18-20-22-23-24-25-26-27-28-29-30-32-34-36-38-40-42-44-47-57-49-51(50-59-61(55,56)58-48-46-53(3,4)5)60-52(54)45-43-41-39-37-35-33-31-21-19-17-15-13-11-9-7-2/h15,17,21,23-24,31,51H,6-14,16,18-20,22,25-30,32-50H2,1-5H3/b17-15-,24-23-,31-21-. The van der Waals surface area contributed by atoms with Gasteiger partial charge in [-0.1, -0.05) is 192 Å². The van der Waals surface area contributed by atoms with E-state index in [1.54, 1.807) is 0 Å². The lowest BCUT2D eigenvalue weighted by atomic mass is 10.0. The van der Waals surface area contributed by atoms with Crippen LogP contribution in [-0.2, 0) is 27.9 Å². The van der Waals surface area contributed by atoms with Crippen LogP contribution in [-0.4, -0.2) is 70.7 Å². The van der Waals surface area contributed by atoms with E-state index in [0.29, 0.717) is 24.1 Å². The van der Waals surface area contributed by atoms with Crippen LogP contribution in [0, 0.1) is 0 Å². The average Bonchev–Trinajstić information content (AvgIpc) is 3.22. The summed E-state index contributed by atoms with van der Waals surface area (Å²) >= 11 is 0. The molecule has 0 saturated carbocycles. The molecular weight excluding hydrogens is 782 g/mol. The van der Waals surface area contributed by atoms with Crippen LogP contribution in [0.25, 0.3) is 0 Å². The van der Waals surface area contributed by atoms with Gasteiger partial charge in [-0.05, 0) is 70.6 Å². The highest BCUT2D eigenvalue weighted by atomic mass is 31.2. The molecule has 0 bridgehead atoms. The number of quaternary nitrogens is 1. The van der Waals surface area contributed by atoms with Gasteiger partial charge in [0.05, 0.1) is 34.4 Å². The van der Waals surface area contributed by atoms with Gasteiger partial charge in [-0.15, -0.1) is 0 Å². The number of ether oxygens (including phenoxy) is 2. The molecular formula is C52H100NO7P. The summed E-state index contributed by atoms with van der Waals surface area (Å²) in [5.41, 5.74) is 0. The second kappa shape index (κ2) is 45.3. The van der Waals surface area contributed by atoms with Gasteiger partial charge in [-0.2, -0.15) is 0 Å². The molecule has 0 aliphatic rings. The van der Waals surface area contributed by atoms with Gasteiger partial charge in [0.15, 0.2) is 0 Å². The number of phosphoric acid groups is 1. The summed E-state index contributed by atoms with van der Waals surface area (Å²) < 4.78 is 34.7. The molecule has 360 valence electrons. The van der Waals surface area contributed by atoms with E-state index >= 15 is 0 Å². The summed E-state index contributed by atoms with van der Waals surface area (Å²) in [6.07, 6.45) is 54.6. The molecule has 0 aliphatic heterocycles. The molecule has 0 radical (unpaired) electrons. The Labute approximate surface area is 378 Å². The van der Waals surface area contributed by atoms with Gasteiger partial charge in [0, 0.05) is 13.0 Å². The minimum Gasteiger partial charge on any atom is -0.756 e. The van der Waals surface area contributed by atoms with E-state index in [2.05, 4.69) is 50.3 Å². The summed E-state index contributed by atoms with van der Waals surface area (Å²) in [7, 11) is 1.35. The van der Waals surface area contributed by atoms with Crippen LogP contribution in [0.1, 0.15) is 232 Å². The van der Waals surface area contributed by atoms with E-state index in [1.807, 2.05) is 21.1 Å². The van der Waals surface area contributed by atoms with Gasteiger partial charge in [-0.3, -0.25) is 9.36 Å². The Kier molecular flexibility index (Phi) is 44.3. The lowest BCUT2D eigenvalue weighted by molar-refractivity contribution is -0.870. The first-order chi connectivity index (χ1) is 29.6. The third-order valence-corrected chi connectivity index (χ3v) is 12.1. The molecule has 0 amide bonds. The number of unbranched alkanes of at least 4 members (excludes halogenated alkanes) is 28. The Hall–Kier alpha value is -1.28. The highest BCUT2D eigenvalue weighted by molar-refractivity contribution is 7.45. The second-order valence-electron chi connectivity index (χ2n) is 18.5. The van der Waals surface area contributed by atoms with Gasteiger partial charge in [0.1, 0.15) is 19.3 Å². The Bertz CT molecular complexity index is 1070. The van der Waals surface area contributed by atoms with E-state index in [9.17, 15) is 14.3 Å². The van der Waals surface area contributed by atoms with Crippen molar-refractivity contribution in [3.8, 4) is 0 Å². The molecule has 61 heavy (non-hydrogen) atoms. The predicted molar refractivity (Wildman–Crippen MR) is 259 cm³/mol. The first-order valence-corrected chi connectivity index (χ1v) is 27.2. The maximum atomic E-state index is 12.7. The van der Waals surface area contributed by atoms with Crippen molar-refractivity contribution in [1.29, 1.82) is 0 Å². The fraction of sp³-hybridized carbons (Fsp3) is 0.865. The lowest BCUT2D eigenvalue weighted by Crippen LogP contribution is -2.37. The largest absolute Gasteiger partial charge is 0.756 e. The van der Waals surface area contributed by atoms with Crippen LogP contribution in [0.5, 0.6) is 0 Å². The van der Waals surface area contributed by atoms with Crippen molar-refractivity contribution in [3.63, 3.8) is 0 Å². The average molecular weight is 882 g/mol. The number of hydrogen-bond donors (Lipinski definition) is 0. The van der Waals surface area contributed by atoms with Crippen molar-refractivity contribution in [3.05, 3.63) is 36.5 Å². The fourth-order valence-corrected chi connectivity index (χ4v) is 7.89. The summed E-state index contributed by atoms with van der Waals surface area (Å²) in [5.74, 6) is -0.346. The number of hydrogen-bond acceptors (Lipinski definition) is 7. The number of carbonyl (C=O) groups excluding carboxylic acids is 1. The van der Waals surface area contributed by atoms with E-state index < -0.39 is 13.9 Å². The highest BCUT2D eigenvalue weighted by Gasteiger charge is 2.20. The monoisotopic (exact) mass is 882 g/mol. The molecule has 9 heteroatoms. The number of phosphoric ester groups is 1. The molecule has 2 unspecified atom stereocenters. The van der Waals surface area contributed by atoms with E-state index in [4.69, 9.17) is 18.5 Å². The van der Waals surface area contributed by atoms with Gasteiger partial charge >= 0.3 is 5.97 Å². The minimum absolute atomic E-state index is 0.0236. The molecule has 0 heterocycles. The molecule has 0 aromatic rings. The zero-order chi connectivity index (χ0) is 44.8. The minimum atomic E-state index is -4.53. The second-order valence-corrected chi connectivity index (χ2v) is 19.9. The highest BCUT2D eigenvalue weighted by Crippen LogP contribution is 2.38. The third kappa shape index (κ3) is 49.6. The summed E-state index contributed by atoms with van der Waals surface area (Å²) in [6.45, 7) is 5.39. The Morgan fingerprint density at radius 1 is 0.508 bits per heavy atom. The molecule has 0 spiro atoms. The molecule has 0 saturated heterocycles. The number of allylic oxidation sites excluding steroid dienone is 6. The third-order valence-electron chi connectivity index (χ3n) is 11.2. The zero-order valence-electron chi connectivity index (χ0n) is 40.9. The molecule has 0 aliphatic carbocycles. The zero-order valence-corrected chi connectivity index (χ0v) is 41.8. The summed E-state index contributed by atoms with van der Waals surface area (Å²) in [5, 5.41) is 0. The number of likely N-dealkylation sites (N-methyl/N-ethyl adjacent to an activating group) is 1. The fourth-order valence-electron chi connectivity index (χ4n) is 7.16. The van der Waals surface area contributed by atoms with Crippen molar-refractivity contribution in [2.24, 2.45) is 0 Å². The normalized spacial score (nSPS) is 13.9. The van der Waals surface area contributed by atoms with Gasteiger partial charge < -0.3 is 27.9 Å². The van der Waals surface area contributed by atoms with Crippen LogP contribution in [0.2, 0.25) is 0 Å². The van der Waals surface area contributed by atoms with Crippen molar-refractivity contribution < 1.29 is 37.3 Å². The molecule has 0 aromatic carbocycles. The lowest BCUT2D eigenvalue weighted by Gasteiger charge is -2.28. The van der Waals surface area contributed by atoms with Crippen LogP contribution in [0.4, 0.5) is 0 Å². The number of esters is 1. The number of nitrogens with zero attached hydrogens (tertiary/aromatic N) is 1. The summed E-state index contributed by atoms with van der Waals surface area (Å²) in [6, 6.07) is 0. The molecule has 0 rings (SSSR count). The smallest absolute Gasteiger partial charge is 0.306 e. The quantitative estimate of drug-likeness (QED) is 0.0197. The van der Waals surface area contributed by atoms with E-state index in [-0.39, 0.29) is 25.8 Å². The van der Waals surface area contributed by atoms with Crippen LogP contribution >= 0.6 is 7.82 Å². The molecule has 0 aromatic heterocycles. The Balaban J connectivity index is 4.09.